The van der Waals surface area contributed by atoms with E-state index in [9.17, 15) is 4.79 Å². The first-order valence-electron chi connectivity index (χ1n) is 7.40. The average Bonchev–Trinajstić information content (AvgIpc) is 3.09. The number of aliphatic imine (C=N–C) groups is 1. The van der Waals surface area contributed by atoms with E-state index in [0.29, 0.717) is 11.5 Å². The smallest absolute Gasteiger partial charge is 0.337 e. The molecule has 4 nitrogen and oxygen atoms in total. The average molecular weight is 284 g/mol. The highest BCUT2D eigenvalue weighted by molar-refractivity contribution is 5.89. The lowest BCUT2D eigenvalue weighted by molar-refractivity contribution is 0.0600. The molecule has 0 saturated carbocycles. The van der Waals surface area contributed by atoms with E-state index in [2.05, 4.69) is 28.1 Å². The van der Waals surface area contributed by atoms with Crippen LogP contribution in [0.5, 0.6) is 0 Å². The maximum Gasteiger partial charge on any atom is 0.337 e. The number of carbonyl (C=O) groups is 1. The van der Waals surface area contributed by atoms with Gasteiger partial charge in [-0.25, -0.2) is 4.79 Å². The number of hydrogen-bond donors (Lipinski definition) is 0. The maximum atomic E-state index is 11.4. The second-order valence-electron chi connectivity index (χ2n) is 5.52. The fraction of sp³-hybridized carbons (Fsp3) is 0.412. The van der Waals surface area contributed by atoms with Gasteiger partial charge in [0.1, 0.15) is 0 Å². The van der Waals surface area contributed by atoms with Gasteiger partial charge in [0, 0.05) is 25.0 Å². The normalized spacial score (nSPS) is 18.7. The Kier molecular flexibility index (Phi) is 4.04. The van der Waals surface area contributed by atoms with Crippen LogP contribution in [-0.2, 0) is 4.74 Å². The maximum absolute atomic E-state index is 11.4. The lowest BCUT2D eigenvalue weighted by Crippen LogP contribution is -2.32. The Morgan fingerprint density at radius 3 is 2.52 bits per heavy atom. The van der Waals surface area contributed by atoms with Gasteiger partial charge in [0.2, 0.25) is 0 Å². The monoisotopic (exact) mass is 284 g/mol. The summed E-state index contributed by atoms with van der Waals surface area (Å²) in [6.45, 7) is 3.00. The van der Waals surface area contributed by atoms with Gasteiger partial charge in [-0.15, -0.1) is 0 Å². The summed E-state index contributed by atoms with van der Waals surface area (Å²) in [5, 5.41) is 0. The SMILES string of the molecule is COC(=O)c1ccc(C2CCN(C3=CC=NC3)CC2)cc1. The molecule has 0 radical (unpaired) electrons. The molecule has 0 unspecified atom stereocenters. The number of allylic oxidation sites excluding steroid dienone is 1. The van der Waals surface area contributed by atoms with Gasteiger partial charge in [0.15, 0.2) is 0 Å². The van der Waals surface area contributed by atoms with Crippen molar-refractivity contribution in [1.29, 1.82) is 0 Å². The molecule has 0 amide bonds. The quantitative estimate of drug-likeness (QED) is 0.801. The fourth-order valence-electron chi connectivity index (χ4n) is 3.05. The molecule has 0 spiro atoms. The molecule has 4 heteroatoms. The molecule has 0 aliphatic carbocycles. The van der Waals surface area contributed by atoms with Gasteiger partial charge < -0.3 is 9.64 Å². The lowest BCUT2D eigenvalue weighted by Gasteiger charge is -2.34. The molecule has 1 fully saturated rings. The topological polar surface area (TPSA) is 41.9 Å². The van der Waals surface area contributed by atoms with Crippen LogP contribution in [-0.4, -0.2) is 43.8 Å². The number of benzene rings is 1. The Labute approximate surface area is 125 Å². The minimum Gasteiger partial charge on any atom is -0.465 e. The molecule has 0 N–H and O–H groups in total. The van der Waals surface area contributed by atoms with Gasteiger partial charge in [-0.05, 0) is 42.5 Å². The predicted octanol–water partition coefficient (Wildman–Crippen LogP) is 2.62. The molecule has 1 saturated heterocycles. The largest absolute Gasteiger partial charge is 0.465 e. The molecule has 2 aliphatic heterocycles. The number of nitrogens with zero attached hydrogens (tertiary/aromatic N) is 2. The van der Waals surface area contributed by atoms with E-state index in [0.717, 1.165) is 32.5 Å². The number of methoxy groups -OCH3 is 1. The number of piperidine rings is 1. The van der Waals surface area contributed by atoms with Gasteiger partial charge in [-0.3, -0.25) is 4.99 Å². The first-order chi connectivity index (χ1) is 10.3. The molecular weight excluding hydrogens is 264 g/mol. The Morgan fingerprint density at radius 1 is 1.24 bits per heavy atom. The van der Waals surface area contributed by atoms with Crippen LogP contribution in [0.2, 0.25) is 0 Å². The van der Waals surface area contributed by atoms with E-state index in [-0.39, 0.29) is 5.97 Å². The molecule has 2 aliphatic rings. The third kappa shape index (κ3) is 2.99. The van der Waals surface area contributed by atoms with Crippen molar-refractivity contribution in [3.05, 3.63) is 47.2 Å². The minimum absolute atomic E-state index is 0.274. The van der Waals surface area contributed by atoms with Crippen LogP contribution < -0.4 is 0 Å². The predicted molar refractivity (Wildman–Crippen MR) is 82.8 cm³/mol. The Hall–Kier alpha value is -2.10. The molecule has 110 valence electrons. The molecule has 2 heterocycles. The number of esters is 1. The van der Waals surface area contributed by atoms with Crippen molar-refractivity contribution < 1.29 is 9.53 Å². The molecule has 3 rings (SSSR count). The van der Waals surface area contributed by atoms with Gasteiger partial charge in [0.05, 0.1) is 19.2 Å². The van der Waals surface area contributed by atoms with Crippen molar-refractivity contribution in [3.8, 4) is 0 Å². The van der Waals surface area contributed by atoms with Gasteiger partial charge in [0.25, 0.3) is 0 Å². The Bertz CT molecular complexity index is 567. The second-order valence-corrected chi connectivity index (χ2v) is 5.52. The molecule has 0 aromatic heterocycles. The van der Waals surface area contributed by atoms with Crippen LogP contribution in [0.4, 0.5) is 0 Å². The third-order valence-corrected chi connectivity index (χ3v) is 4.33. The summed E-state index contributed by atoms with van der Waals surface area (Å²) in [6.07, 6.45) is 6.31. The minimum atomic E-state index is -0.274. The van der Waals surface area contributed by atoms with Crippen molar-refractivity contribution in [2.45, 2.75) is 18.8 Å². The van der Waals surface area contributed by atoms with Crippen LogP contribution in [0.25, 0.3) is 0 Å². The summed E-state index contributed by atoms with van der Waals surface area (Å²) < 4.78 is 4.73. The van der Waals surface area contributed by atoms with Crippen molar-refractivity contribution >= 4 is 12.2 Å². The number of hydrogen-bond acceptors (Lipinski definition) is 4. The summed E-state index contributed by atoms with van der Waals surface area (Å²) in [6, 6.07) is 7.84. The molecule has 0 bridgehead atoms. The van der Waals surface area contributed by atoms with E-state index in [4.69, 9.17) is 4.74 Å². The second kappa shape index (κ2) is 6.12. The number of ether oxygens (including phenoxy) is 1. The zero-order chi connectivity index (χ0) is 14.7. The van der Waals surface area contributed by atoms with Gasteiger partial charge in [-0.2, -0.15) is 0 Å². The Morgan fingerprint density at radius 2 is 1.95 bits per heavy atom. The van der Waals surface area contributed by atoms with Crippen molar-refractivity contribution in [2.75, 3.05) is 26.7 Å². The molecule has 1 aromatic carbocycles. The molecular formula is C17H20N2O2. The van der Waals surface area contributed by atoms with E-state index in [1.54, 1.807) is 0 Å². The van der Waals surface area contributed by atoms with Gasteiger partial charge in [-0.1, -0.05) is 12.1 Å². The summed E-state index contributed by atoms with van der Waals surface area (Å²) in [5.74, 6) is 0.306. The third-order valence-electron chi connectivity index (χ3n) is 4.33. The summed E-state index contributed by atoms with van der Waals surface area (Å²) in [5.41, 5.74) is 3.28. The van der Waals surface area contributed by atoms with Crippen molar-refractivity contribution in [3.63, 3.8) is 0 Å². The van der Waals surface area contributed by atoms with E-state index < -0.39 is 0 Å². The van der Waals surface area contributed by atoms with Crippen molar-refractivity contribution in [1.82, 2.24) is 4.90 Å². The Balaban J connectivity index is 1.60. The van der Waals surface area contributed by atoms with E-state index in [1.807, 2.05) is 18.3 Å². The van der Waals surface area contributed by atoms with E-state index in [1.165, 1.54) is 18.4 Å². The zero-order valence-corrected chi connectivity index (χ0v) is 12.3. The lowest BCUT2D eigenvalue weighted by atomic mass is 9.89. The fourth-order valence-corrected chi connectivity index (χ4v) is 3.05. The zero-order valence-electron chi connectivity index (χ0n) is 12.3. The van der Waals surface area contributed by atoms with E-state index >= 15 is 0 Å². The van der Waals surface area contributed by atoms with Crippen LogP contribution >= 0.6 is 0 Å². The summed E-state index contributed by atoms with van der Waals surface area (Å²) in [7, 11) is 1.41. The van der Waals surface area contributed by atoms with Crippen LogP contribution in [0, 0.1) is 0 Å². The first kappa shape index (κ1) is 13.9. The van der Waals surface area contributed by atoms with Crippen LogP contribution in [0.3, 0.4) is 0 Å². The highest BCUT2D eigenvalue weighted by Gasteiger charge is 2.22. The van der Waals surface area contributed by atoms with Crippen molar-refractivity contribution in [2.24, 2.45) is 4.99 Å². The van der Waals surface area contributed by atoms with Crippen LogP contribution in [0.1, 0.15) is 34.7 Å². The van der Waals surface area contributed by atoms with Crippen LogP contribution in [0.15, 0.2) is 41.0 Å². The highest BCUT2D eigenvalue weighted by Crippen LogP contribution is 2.30. The highest BCUT2D eigenvalue weighted by atomic mass is 16.5. The molecule has 21 heavy (non-hydrogen) atoms. The first-order valence-corrected chi connectivity index (χ1v) is 7.40. The summed E-state index contributed by atoms with van der Waals surface area (Å²) in [4.78, 5) is 18.1. The summed E-state index contributed by atoms with van der Waals surface area (Å²) >= 11 is 0. The number of rotatable bonds is 3. The molecule has 0 atom stereocenters. The number of likely N-dealkylation sites (tertiary alicyclic amines) is 1. The molecule has 1 aromatic rings. The number of carbonyl (C=O) groups excluding carboxylic acids is 1. The van der Waals surface area contributed by atoms with Gasteiger partial charge >= 0.3 is 5.97 Å². The standard InChI is InChI=1S/C17H20N2O2/c1-21-17(20)15-4-2-13(3-5-15)14-7-10-19(11-8-14)16-6-9-18-12-16/h2-6,9,14H,7-8,10-12H2,1H3.